The van der Waals surface area contributed by atoms with Crippen LogP contribution >= 0.6 is 22.9 Å². The van der Waals surface area contributed by atoms with Crippen molar-refractivity contribution in [2.75, 3.05) is 5.32 Å². The zero-order valence-corrected chi connectivity index (χ0v) is 14.2. The third-order valence-corrected chi connectivity index (χ3v) is 3.99. The first-order valence-corrected chi connectivity index (χ1v) is 8.11. The van der Waals surface area contributed by atoms with Gasteiger partial charge < -0.3 is 5.32 Å². The zero-order chi connectivity index (χ0) is 17.5. The fourth-order valence-corrected chi connectivity index (χ4v) is 2.71. The first-order valence-electron chi connectivity index (χ1n) is 6.85. The molecule has 0 fully saturated rings. The molecule has 0 bridgehead atoms. The van der Waals surface area contributed by atoms with E-state index in [-0.39, 0.29) is 5.56 Å². The Morgan fingerprint density at radius 3 is 2.58 bits per heavy atom. The van der Waals surface area contributed by atoms with Gasteiger partial charge in [0.2, 0.25) is 11.8 Å². The molecule has 0 aliphatic heterocycles. The molecule has 0 saturated carbocycles. The average molecular weight is 364 g/mol. The minimum absolute atomic E-state index is 0.258. The minimum atomic E-state index is -0.517. The number of amides is 3. The molecule has 0 atom stereocenters. The van der Waals surface area contributed by atoms with Crippen molar-refractivity contribution >= 4 is 51.7 Å². The van der Waals surface area contributed by atoms with E-state index in [1.165, 1.54) is 24.3 Å². The Balaban J connectivity index is 2.02. The molecular formula is C16H14ClN3O3S. The lowest BCUT2D eigenvalue weighted by molar-refractivity contribution is -0.119. The van der Waals surface area contributed by atoms with Crippen LogP contribution in [0.5, 0.6) is 0 Å². The molecule has 0 unspecified atom stereocenters. The highest BCUT2D eigenvalue weighted by Gasteiger charge is 2.14. The number of hydrogen-bond donors (Lipinski definition) is 3. The van der Waals surface area contributed by atoms with Crippen LogP contribution in [0.3, 0.4) is 0 Å². The number of thiophene rings is 1. The van der Waals surface area contributed by atoms with Crippen LogP contribution in [0, 0.1) is 0 Å². The minimum Gasteiger partial charge on any atom is -0.313 e. The largest absolute Gasteiger partial charge is 0.313 e. The standard InChI is InChI=1S/C16H14ClN3O3S/c1-10(21)19-20-15(23)12-8-9-24-16(12)18-14(22)7-6-11-4-2-3-5-13(11)17/h2-9H,1H3,(H,18,22)(H,19,21)(H,20,23)/b7-6+. The number of benzene rings is 1. The van der Waals surface area contributed by atoms with Crippen molar-refractivity contribution in [3.63, 3.8) is 0 Å². The molecule has 2 rings (SSSR count). The van der Waals surface area contributed by atoms with Crippen molar-refractivity contribution in [3.8, 4) is 0 Å². The fourth-order valence-electron chi connectivity index (χ4n) is 1.73. The van der Waals surface area contributed by atoms with E-state index in [2.05, 4.69) is 16.2 Å². The van der Waals surface area contributed by atoms with Gasteiger partial charge in [0, 0.05) is 18.0 Å². The van der Waals surface area contributed by atoms with E-state index in [0.717, 1.165) is 0 Å². The normalized spacial score (nSPS) is 10.4. The second kappa shape index (κ2) is 8.28. The zero-order valence-electron chi connectivity index (χ0n) is 12.6. The highest BCUT2D eigenvalue weighted by molar-refractivity contribution is 7.14. The molecular weight excluding hydrogens is 350 g/mol. The highest BCUT2D eigenvalue weighted by Crippen LogP contribution is 2.23. The number of anilines is 1. The molecule has 3 amide bonds. The summed E-state index contributed by atoms with van der Waals surface area (Å²) in [7, 11) is 0. The van der Waals surface area contributed by atoms with Gasteiger partial charge in [-0.15, -0.1) is 11.3 Å². The Bertz CT molecular complexity index is 801. The molecule has 1 heterocycles. The quantitative estimate of drug-likeness (QED) is 0.576. The smallest absolute Gasteiger partial charge is 0.272 e. The maximum absolute atomic E-state index is 12.0. The van der Waals surface area contributed by atoms with E-state index in [4.69, 9.17) is 11.6 Å². The first kappa shape index (κ1) is 17.7. The molecule has 1 aromatic carbocycles. The van der Waals surface area contributed by atoms with Crippen molar-refractivity contribution in [2.24, 2.45) is 0 Å². The summed E-state index contributed by atoms with van der Waals surface area (Å²) in [6.07, 6.45) is 2.92. The van der Waals surface area contributed by atoms with Gasteiger partial charge in [-0.25, -0.2) is 0 Å². The summed E-state index contributed by atoms with van der Waals surface area (Å²) in [6.45, 7) is 1.27. The number of hydrogen-bond acceptors (Lipinski definition) is 4. The Morgan fingerprint density at radius 1 is 1.12 bits per heavy atom. The van der Waals surface area contributed by atoms with Crippen LogP contribution in [0.15, 0.2) is 41.8 Å². The van der Waals surface area contributed by atoms with Gasteiger partial charge in [-0.1, -0.05) is 29.8 Å². The van der Waals surface area contributed by atoms with Gasteiger partial charge in [0.25, 0.3) is 5.91 Å². The Kier molecular flexibility index (Phi) is 6.11. The van der Waals surface area contributed by atoms with Crippen LogP contribution in [0.4, 0.5) is 5.00 Å². The predicted octanol–water partition coefficient (Wildman–Crippen LogP) is 2.83. The van der Waals surface area contributed by atoms with Crippen molar-refractivity contribution in [3.05, 3.63) is 57.9 Å². The molecule has 3 N–H and O–H groups in total. The summed E-state index contributed by atoms with van der Waals surface area (Å²) < 4.78 is 0. The summed E-state index contributed by atoms with van der Waals surface area (Å²) in [5, 5.41) is 5.20. The van der Waals surface area contributed by atoms with Crippen molar-refractivity contribution < 1.29 is 14.4 Å². The van der Waals surface area contributed by atoms with Crippen LogP contribution < -0.4 is 16.2 Å². The first-order chi connectivity index (χ1) is 11.5. The van der Waals surface area contributed by atoms with E-state index in [0.29, 0.717) is 15.6 Å². The second-order valence-corrected chi connectivity index (χ2v) is 5.97. The summed E-state index contributed by atoms with van der Waals surface area (Å²) in [5.41, 5.74) is 5.41. The molecule has 124 valence electrons. The predicted molar refractivity (Wildman–Crippen MR) is 94.7 cm³/mol. The average Bonchev–Trinajstić information content (AvgIpc) is 3.00. The van der Waals surface area contributed by atoms with Crippen LogP contribution in [-0.4, -0.2) is 17.7 Å². The molecule has 1 aromatic heterocycles. The van der Waals surface area contributed by atoms with E-state index in [1.54, 1.807) is 35.7 Å². The van der Waals surface area contributed by atoms with Crippen LogP contribution in [-0.2, 0) is 9.59 Å². The molecule has 0 spiro atoms. The Hall–Kier alpha value is -2.64. The molecule has 0 aliphatic rings. The number of rotatable bonds is 4. The number of carbonyl (C=O) groups excluding carboxylic acids is 3. The maximum Gasteiger partial charge on any atom is 0.272 e. The van der Waals surface area contributed by atoms with Gasteiger partial charge in [0.15, 0.2) is 0 Å². The Morgan fingerprint density at radius 2 is 1.88 bits per heavy atom. The molecule has 2 aromatic rings. The van der Waals surface area contributed by atoms with Crippen molar-refractivity contribution in [1.82, 2.24) is 10.9 Å². The topological polar surface area (TPSA) is 87.3 Å². The van der Waals surface area contributed by atoms with Gasteiger partial charge in [0.1, 0.15) is 5.00 Å². The number of carbonyl (C=O) groups is 3. The van der Waals surface area contributed by atoms with E-state index < -0.39 is 17.7 Å². The maximum atomic E-state index is 12.0. The van der Waals surface area contributed by atoms with Gasteiger partial charge >= 0.3 is 0 Å². The molecule has 8 heteroatoms. The van der Waals surface area contributed by atoms with Crippen molar-refractivity contribution in [1.29, 1.82) is 0 Å². The molecule has 6 nitrogen and oxygen atoms in total. The van der Waals surface area contributed by atoms with E-state index in [9.17, 15) is 14.4 Å². The summed E-state index contributed by atoms with van der Waals surface area (Å²) in [4.78, 5) is 34.7. The lowest BCUT2D eigenvalue weighted by Crippen LogP contribution is -2.40. The van der Waals surface area contributed by atoms with Gasteiger partial charge in [-0.05, 0) is 29.2 Å². The van der Waals surface area contributed by atoms with E-state index >= 15 is 0 Å². The molecule has 0 radical (unpaired) electrons. The van der Waals surface area contributed by atoms with Gasteiger partial charge in [-0.3, -0.25) is 25.2 Å². The third-order valence-electron chi connectivity index (χ3n) is 2.82. The second-order valence-electron chi connectivity index (χ2n) is 4.64. The number of hydrazine groups is 1. The van der Waals surface area contributed by atoms with Gasteiger partial charge in [-0.2, -0.15) is 0 Å². The summed E-state index contributed by atoms with van der Waals surface area (Å²) in [6, 6.07) is 8.67. The molecule has 0 saturated heterocycles. The van der Waals surface area contributed by atoms with Gasteiger partial charge in [0.05, 0.1) is 5.56 Å². The number of halogens is 1. The monoisotopic (exact) mass is 363 g/mol. The summed E-state index contributed by atoms with van der Waals surface area (Å²) >= 11 is 7.21. The molecule has 0 aliphatic carbocycles. The van der Waals surface area contributed by atoms with E-state index in [1.807, 2.05) is 6.07 Å². The third kappa shape index (κ3) is 4.94. The molecule has 24 heavy (non-hydrogen) atoms. The highest BCUT2D eigenvalue weighted by atomic mass is 35.5. The van der Waals surface area contributed by atoms with Crippen molar-refractivity contribution in [2.45, 2.75) is 6.92 Å². The summed E-state index contributed by atoms with van der Waals surface area (Å²) in [5.74, 6) is -1.31. The number of nitrogens with one attached hydrogen (secondary N) is 3. The van der Waals surface area contributed by atoms with Crippen LogP contribution in [0.2, 0.25) is 5.02 Å². The fraction of sp³-hybridized carbons (Fsp3) is 0.0625. The lowest BCUT2D eigenvalue weighted by atomic mass is 10.2. The SMILES string of the molecule is CC(=O)NNC(=O)c1ccsc1NC(=O)/C=C/c1ccccc1Cl. The Labute approximate surface area is 147 Å². The van der Waals surface area contributed by atoms with Crippen LogP contribution in [0.1, 0.15) is 22.8 Å². The lowest BCUT2D eigenvalue weighted by Gasteiger charge is -2.06. The van der Waals surface area contributed by atoms with Crippen LogP contribution in [0.25, 0.3) is 6.08 Å².